The van der Waals surface area contributed by atoms with Gasteiger partial charge in [0.25, 0.3) is 0 Å². The highest BCUT2D eigenvalue weighted by atomic mass is 16.2. The van der Waals surface area contributed by atoms with Crippen molar-refractivity contribution in [3.05, 3.63) is 12.4 Å². The number of hydrogen-bond acceptors (Lipinski definition) is 3. The molecule has 1 rings (SSSR count). The lowest BCUT2D eigenvalue weighted by atomic mass is 10.2. The third-order valence-corrected chi connectivity index (χ3v) is 2.01. The summed E-state index contributed by atoms with van der Waals surface area (Å²) in [6.07, 6.45) is 3.44. The van der Waals surface area contributed by atoms with E-state index < -0.39 is 0 Å². The number of hydrogen-bond donors (Lipinski definition) is 2. The summed E-state index contributed by atoms with van der Waals surface area (Å²) in [6, 6.07) is 0. The maximum Gasteiger partial charge on any atom is 0.230 e. The summed E-state index contributed by atoms with van der Waals surface area (Å²) in [4.78, 5) is 15.6. The van der Waals surface area contributed by atoms with Gasteiger partial charge in [-0.15, -0.1) is 0 Å². The molecule has 0 aliphatic heterocycles. The van der Waals surface area contributed by atoms with Gasteiger partial charge in [-0.05, 0) is 7.05 Å². The second-order valence-electron chi connectivity index (χ2n) is 3.31. The lowest BCUT2D eigenvalue weighted by Crippen LogP contribution is -2.29. The fourth-order valence-corrected chi connectivity index (χ4v) is 1.12. The minimum Gasteiger partial charge on any atom is -0.320 e. The van der Waals surface area contributed by atoms with Crippen molar-refractivity contribution in [2.45, 2.75) is 6.92 Å². The number of rotatable bonds is 4. The van der Waals surface area contributed by atoms with E-state index in [1.54, 1.807) is 17.0 Å². The van der Waals surface area contributed by atoms with Crippen molar-refractivity contribution >= 4 is 11.9 Å². The van der Waals surface area contributed by atoms with Crippen molar-refractivity contribution in [3.63, 3.8) is 0 Å². The molecule has 0 saturated carbocycles. The van der Waals surface area contributed by atoms with Crippen molar-refractivity contribution in [3.8, 4) is 0 Å². The third-order valence-electron chi connectivity index (χ3n) is 2.01. The molecule has 1 unspecified atom stereocenters. The Hall–Kier alpha value is -1.36. The smallest absolute Gasteiger partial charge is 0.230 e. The fraction of sp³-hybridized carbons (Fsp3) is 0.556. The Kier molecular flexibility index (Phi) is 3.64. The number of amides is 1. The Bertz CT molecular complexity index is 308. The van der Waals surface area contributed by atoms with E-state index >= 15 is 0 Å². The van der Waals surface area contributed by atoms with Gasteiger partial charge >= 0.3 is 0 Å². The predicted octanol–water partition coefficient (Wildman–Crippen LogP) is 0.214. The molecule has 0 spiro atoms. The number of nitrogens with zero attached hydrogens (tertiary/aromatic N) is 2. The Labute approximate surface area is 83.5 Å². The summed E-state index contributed by atoms with van der Waals surface area (Å²) >= 11 is 0. The molecule has 78 valence electrons. The van der Waals surface area contributed by atoms with Crippen LogP contribution in [0.15, 0.2) is 12.4 Å². The van der Waals surface area contributed by atoms with Crippen molar-refractivity contribution in [1.82, 2.24) is 14.9 Å². The highest BCUT2D eigenvalue weighted by Gasteiger charge is 2.13. The Morgan fingerprint density at radius 3 is 2.93 bits per heavy atom. The molecule has 0 aliphatic carbocycles. The molecule has 2 N–H and O–H groups in total. The molecule has 0 fully saturated rings. The van der Waals surface area contributed by atoms with E-state index in [2.05, 4.69) is 15.6 Å². The van der Waals surface area contributed by atoms with Gasteiger partial charge in [-0.2, -0.15) is 0 Å². The number of aryl methyl sites for hydroxylation is 1. The maximum absolute atomic E-state index is 11.5. The summed E-state index contributed by atoms with van der Waals surface area (Å²) in [5.74, 6) is 0.503. The van der Waals surface area contributed by atoms with Crippen LogP contribution in [0.1, 0.15) is 6.92 Å². The quantitative estimate of drug-likeness (QED) is 0.724. The summed E-state index contributed by atoms with van der Waals surface area (Å²) in [7, 11) is 3.66. The molecule has 1 amide bonds. The van der Waals surface area contributed by atoms with Crippen LogP contribution in [0.3, 0.4) is 0 Å². The minimum atomic E-state index is -0.0586. The molecular weight excluding hydrogens is 180 g/mol. The number of carbonyl (C=O) groups excluding carboxylic acids is 1. The van der Waals surface area contributed by atoms with Gasteiger partial charge < -0.3 is 9.88 Å². The van der Waals surface area contributed by atoms with Crippen molar-refractivity contribution in [1.29, 1.82) is 0 Å². The summed E-state index contributed by atoms with van der Waals surface area (Å²) in [5.41, 5.74) is 0. The summed E-state index contributed by atoms with van der Waals surface area (Å²) in [6.45, 7) is 2.53. The highest BCUT2D eigenvalue weighted by Crippen LogP contribution is 2.03. The van der Waals surface area contributed by atoms with Crippen LogP contribution in [0.25, 0.3) is 0 Å². The SMILES string of the molecule is CNCC(C)C(=O)Nc1nccn1C. The zero-order valence-corrected chi connectivity index (χ0v) is 8.74. The first kappa shape index (κ1) is 10.7. The van der Waals surface area contributed by atoms with Crippen molar-refractivity contribution in [2.75, 3.05) is 18.9 Å². The van der Waals surface area contributed by atoms with E-state index in [4.69, 9.17) is 0 Å². The maximum atomic E-state index is 11.5. The number of aromatic nitrogens is 2. The molecule has 0 saturated heterocycles. The monoisotopic (exact) mass is 196 g/mol. The first-order chi connectivity index (χ1) is 6.65. The number of carbonyl (C=O) groups is 1. The minimum absolute atomic E-state index is 0.0198. The lowest BCUT2D eigenvalue weighted by molar-refractivity contribution is -0.119. The van der Waals surface area contributed by atoms with Crippen molar-refractivity contribution in [2.24, 2.45) is 13.0 Å². The molecular formula is C9H16N4O. The first-order valence-electron chi connectivity index (χ1n) is 4.58. The average Bonchev–Trinajstić information content (AvgIpc) is 2.52. The molecule has 0 aliphatic rings. The van der Waals surface area contributed by atoms with Crippen LogP contribution in [-0.4, -0.2) is 29.1 Å². The molecule has 5 nitrogen and oxygen atoms in total. The van der Waals surface area contributed by atoms with Crippen LogP contribution in [-0.2, 0) is 11.8 Å². The van der Waals surface area contributed by atoms with E-state index in [1.807, 2.05) is 21.0 Å². The van der Waals surface area contributed by atoms with Gasteiger partial charge in [0.05, 0.1) is 0 Å². The summed E-state index contributed by atoms with van der Waals surface area (Å²) in [5, 5.41) is 5.70. The van der Waals surface area contributed by atoms with Gasteiger partial charge in [0, 0.05) is 31.9 Å². The second kappa shape index (κ2) is 4.76. The Morgan fingerprint density at radius 2 is 2.43 bits per heavy atom. The van der Waals surface area contributed by atoms with Gasteiger partial charge in [0.1, 0.15) is 0 Å². The molecule has 0 aromatic carbocycles. The van der Waals surface area contributed by atoms with Crippen LogP contribution >= 0.6 is 0 Å². The van der Waals surface area contributed by atoms with Crippen LogP contribution in [0.2, 0.25) is 0 Å². The van der Waals surface area contributed by atoms with Gasteiger partial charge in [-0.3, -0.25) is 10.1 Å². The van der Waals surface area contributed by atoms with E-state index in [0.717, 1.165) is 0 Å². The van der Waals surface area contributed by atoms with Crippen molar-refractivity contribution < 1.29 is 4.79 Å². The number of nitrogens with one attached hydrogen (secondary N) is 2. The van der Waals surface area contributed by atoms with Crippen LogP contribution < -0.4 is 10.6 Å². The van der Waals surface area contributed by atoms with Gasteiger partial charge in [0.2, 0.25) is 11.9 Å². The van der Waals surface area contributed by atoms with Crippen LogP contribution in [0.4, 0.5) is 5.95 Å². The van der Waals surface area contributed by atoms with E-state index in [0.29, 0.717) is 12.5 Å². The van der Waals surface area contributed by atoms with E-state index in [-0.39, 0.29) is 11.8 Å². The van der Waals surface area contributed by atoms with E-state index in [9.17, 15) is 4.79 Å². The topological polar surface area (TPSA) is 59.0 Å². The molecule has 0 bridgehead atoms. The van der Waals surface area contributed by atoms with Crippen LogP contribution in [0.5, 0.6) is 0 Å². The normalized spacial score (nSPS) is 12.5. The molecule has 1 aromatic rings. The van der Waals surface area contributed by atoms with Gasteiger partial charge in [-0.25, -0.2) is 4.98 Å². The van der Waals surface area contributed by atoms with E-state index in [1.165, 1.54) is 0 Å². The fourth-order valence-electron chi connectivity index (χ4n) is 1.12. The highest BCUT2D eigenvalue weighted by molar-refractivity contribution is 5.90. The summed E-state index contributed by atoms with van der Waals surface area (Å²) < 4.78 is 1.77. The van der Waals surface area contributed by atoms with Gasteiger partial charge in [-0.1, -0.05) is 6.92 Å². The molecule has 1 aromatic heterocycles. The third kappa shape index (κ3) is 2.56. The lowest BCUT2D eigenvalue weighted by Gasteiger charge is -2.10. The zero-order valence-electron chi connectivity index (χ0n) is 8.74. The molecule has 0 radical (unpaired) electrons. The van der Waals surface area contributed by atoms with Crippen LogP contribution in [0, 0.1) is 5.92 Å². The average molecular weight is 196 g/mol. The molecule has 5 heteroatoms. The second-order valence-corrected chi connectivity index (χ2v) is 3.31. The molecule has 1 heterocycles. The van der Waals surface area contributed by atoms with Gasteiger partial charge in [0.15, 0.2) is 0 Å². The standard InChI is InChI=1S/C9H16N4O/c1-7(6-10-2)8(14)12-9-11-4-5-13(9)3/h4-5,7,10H,6H2,1-3H3,(H,11,12,14). The predicted molar refractivity (Wildman–Crippen MR) is 54.9 cm³/mol. The Balaban J connectivity index is 2.53. The molecule has 1 atom stereocenters. The number of anilines is 1. The molecule has 14 heavy (non-hydrogen) atoms. The Morgan fingerprint density at radius 1 is 1.71 bits per heavy atom. The zero-order chi connectivity index (χ0) is 10.6. The largest absolute Gasteiger partial charge is 0.320 e. The number of imidazole rings is 1. The first-order valence-corrected chi connectivity index (χ1v) is 4.58.